The van der Waals surface area contributed by atoms with Gasteiger partial charge in [-0.2, -0.15) is 13.2 Å². The van der Waals surface area contributed by atoms with Crippen LogP contribution in [0.15, 0.2) is 28.8 Å². The Morgan fingerprint density at radius 1 is 1.31 bits per heavy atom. The highest BCUT2D eigenvalue weighted by molar-refractivity contribution is 5.79. The first kappa shape index (κ1) is 19.8. The predicted octanol–water partition coefficient (Wildman–Crippen LogP) is 2.41. The molecular formula is C17H19F3N2O4. The van der Waals surface area contributed by atoms with Gasteiger partial charge in [-0.1, -0.05) is 5.16 Å². The number of amides is 1. The molecule has 0 spiro atoms. The molecule has 0 saturated heterocycles. The number of benzene rings is 1. The Morgan fingerprint density at radius 3 is 2.50 bits per heavy atom. The summed E-state index contributed by atoms with van der Waals surface area (Å²) in [7, 11) is 0. The van der Waals surface area contributed by atoms with Crippen LogP contribution in [0.3, 0.4) is 0 Å². The number of aryl methyl sites for hydroxylation is 2. The number of ether oxygens (including phenoxy) is 1. The number of aromatic nitrogens is 1. The molecule has 2 N–H and O–H groups in total. The number of aliphatic hydroxyl groups excluding tert-OH is 1. The molecule has 0 aliphatic heterocycles. The maximum atomic E-state index is 12.5. The smallest absolute Gasteiger partial charge is 0.416 e. The second-order valence-electron chi connectivity index (χ2n) is 5.77. The Hall–Kier alpha value is -2.55. The molecule has 0 aliphatic rings. The molecule has 9 heteroatoms. The quantitative estimate of drug-likeness (QED) is 0.780. The zero-order chi connectivity index (χ0) is 19.3. The van der Waals surface area contributed by atoms with Crippen LogP contribution in [0.25, 0.3) is 0 Å². The minimum atomic E-state index is -4.41. The zero-order valence-corrected chi connectivity index (χ0v) is 14.3. The van der Waals surface area contributed by atoms with E-state index in [0.717, 1.165) is 12.1 Å². The summed E-state index contributed by atoms with van der Waals surface area (Å²) in [5, 5.41) is 16.1. The van der Waals surface area contributed by atoms with E-state index in [9.17, 15) is 23.1 Å². The fourth-order valence-corrected chi connectivity index (χ4v) is 2.20. The van der Waals surface area contributed by atoms with E-state index in [1.807, 2.05) is 0 Å². The average molecular weight is 372 g/mol. The van der Waals surface area contributed by atoms with E-state index in [4.69, 9.17) is 9.26 Å². The van der Waals surface area contributed by atoms with E-state index in [0.29, 0.717) is 17.0 Å². The van der Waals surface area contributed by atoms with E-state index < -0.39 is 17.8 Å². The van der Waals surface area contributed by atoms with Gasteiger partial charge in [-0.05, 0) is 38.1 Å². The maximum Gasteiger partial charge on any atom is 0.416 e. The summed E-state index contributed by atoms with van der Waals surface area (Å²) >= 11 is 0. The lowest BCUT2D eigenvalue weighted by Crippen LogP contribution is -2.36. The fraction of sp³-hybridized carbons (Fsp3) is 0.412. The van der Waals surface area contributed by atoms with Crippen molar-refractivity contribution < 1.29 is 32.3 Å². The molecule has 0 saturated carbocycles. The number of nitrogens with one attached hydrogen (secondary N) is 1. The third kappa shape index (κ3) is 5.48. The van der Waals surface area contributed by atoms with E-state index in [-0.39, 0.29) is 31.2 Å². The number of carbonyl (C=O) groups excluding carboxylic acids is 1. The van der Waals surface area contributed by atoms with E-state index in [2.05, 4.69) is 10.5 Å². The Bertz CT molecular complexity index is 722. The summed E-state index contributed by atoms with van der Waals surface area (Å²) in [6.45, 7) is 3.21. The van der Waals surface area contributed by atoms with Gasteiger partial charge in [0.1, 0.15) is 24.2 Å². The first-order valence-electron chi connectivity index (χ1n) is 7.83. The molecule has 1 atom stereocenters. The predicted molar refractivity (Wildman–Crippen MR) is 85.6 cm³/mol. The largest absolute Gasteiger partial charge is 0.491 e. The third-order valence-electron chi connectivity index (χ3n) is 3.68. The van der Waals surface area contributed by atoms with Crippen LogP contribution in [0.4, 0.5) is 13.2 Å². The normalized spacial score (nSPS) is 12.7. The van der Waals surface area contributed by atoms with Crippen molar-refractivity contribution in [2.45, 2.75) is 32.5 Å². The minimum absolute atomic E-state index is 0.0527. The number of rotatable bonds is 7. The summed E-state index contributed by atoms with van der Waals surface area (Å²) in [6.07, 6.45) is -5.34. The highest BCUT2D eigenvalue weighted by Crippen LogP contribution is 2.30. The van der Waals surface area contributed by atoms with Crippen LogP contribution < -0.4 is 10.1 Å². The summed E-state index contributed by atoms with van der Waals surface area (Å²) in [5.74, 6) is 0.441. The van der Waals surface area contributed by atoms with Gasteiger partial charge in [-0.15, -0.1) is 0 Å². The Kier molecular flexibility index (Phi) is 6.25. The number of alkyl halides is 3. The van der Waals surface area contributed by atoms with Crippen molar-refractivity contribution >= 4 is 5.91 Å². The van der Waals surface area contributed by atoms with Gasteiger partial charge in [0.2, 0.25) is 5.91 Å². The van der Waals surface area contributed by atoms with Gasteiger partial charge in [0.05, 0.1) is 17.7 Å². The van der Waals surface area contributed by atoms with Gasteiger partial charge >= 0.3 is 6.18 Å². The van der Waals surface area contributed by atoms with Crippen molar-refractivity contribution in [3.05, 3.63) is 46.8 Å². The minimum Gasteiger partial charge on any atom is -0.491 e. The maximum absolute atomic E-state index is 12.5. The second-order valence-corrected chi connectivity index (χ2v) is 5.77. The molecule has 26 heavy (non-hydrogen) atoms. The lowest BCUT2D eigenvalue weighted by atomic mass is 10.1. The number of aliphatic hydroxyl groups is 1. The Balaban J connectivity index is 1.75. The van der Waals surface area contributed by atoms with Gasteiger partial charge in [-0.25, -0.2) is 0 Å². The van der Waals surface area contributed by atoms with Crippen molar-refractivity contribution in [3.8, 4) is 5.75 Å². The molecule has 2 aromatic rings. The lowest BCUT2D eigenvalue weighted by molar-refractivity contribution is -0.137. The van der Waals surface area contributed by atoms with Crippen LogP contribution in [0.2, 0.25) is 0 Å². The van der Waals surface area contributed by atoms with E-state index in [1.165, 1.54) is 12.1 Å². The first-order chi connectivity index (χ1) is 12.2. The first-order valence-corrected chi connectivity index (χ1v) is 7.83. The van der Waals surface area contributed by atoms with Crippen LogP contribution in [-0.2, 0) is 17.4 Å². The molecule has 1 amide bonds. The topological polar surface area (TPSA) is 84.6 Å². The summed E-state index contributed by atoms with van der Waals surface area (Å²) in [6, 6.07) is 4.14. The van der Waals surface area contributed by atoms with E-state index in [1.54, 1.807) is 13.8 Å². The number of carbonyl (C=O) groups is 1. The molecule has 0 aliphatic carbocycles. The molecule has 1 aromatic heterocycles. The average Bonchev–Trinajstić information content (AvgIpc) is 2.89. The van der Waals surface area contributed by atoms with Crippen LogP contribution in [0.1, 0.15) is 22.6 Å². The number of hydrogen-bond donors (Lipinski definition) is 2. The molecular weight excluding hydrogens is 353 g/mol. The summed E-state index contributed by atoms with van der Waals surface area (Å²) < 4.78 is 47.6. The molecule has 0 fully saturated rings. The fourth-order valence-electron chi connectivity index (χ4n) is 2.20. The summed E-state index contributed by atoms with van der Waals surface area (Å²) in [4.78, 5) is 11.9. The van der Waals surface area contributed by atoms with Crippen molar-refractivity contribution in [2.75, 3.05) is 13.2 Å². The number of halogens is 3. The van der Waals surface area contributed by atoms with Gasteiger partial charge in [0.15, 0.2) is 0 Å². The summed E-state index contributed by atoms with van der Waals surface area (Å²) in [5.41, 5.74) is 0.541. The van der Waals surface area contributed by atoms with Gasteiger partial charge < -0.3 is 19.7 Å². The molecule has 0 bridgehead atoms. The van der Waals surface area contributed by atoms with Gasteiger partial charge in [0.25, 0.3) is 0 Å². The van der Waals surface area contributed by atoms with Crippen molar-refractivity contribution in [1.29, 1.82) is 0 Å². The van der Waals surface area contributed by atoms with Gasteiger partial charge in [-0.3, -0.25) is 4.79 Å². The standard InChI is InChI=1S/C17H19F3N2O4/c1-10-15(11(2)26-22-10)7-16(24)21-8-13(23)9-25-14-5-3-12(4-6-14)17(18,19)20/h3-6,13,23H,7-9H2,1-2H3,(H,21,24). The molecule has 1 unspecified atom stereocenters. The molecule has 1 aromatic carbocycles. The Labute approximate surface area is 147 Å². The van der Waals surface area contributed by atoms with Crippen molar-refractivity contribution in [2.24, 2.45) is 0 Å². The van der Waals surface area contributed by atoms with Gasteiger partial charge in [0, 0.05) is 12.1 Å². The Morgan fingerprint density at radius 2 is 1.96 bits per heavy atom. The van der Waals surface area contributed by atoms with Crippen LogP contribution in [0.5, 0.6) is 5.75 Å². The monoisotopic (exact) mass is 372 g/mol. The van der Waals surface area contributed by atoms with Crippen molar-refractivity contribution in [1.82, 2.24) is 10.5 Å². The third-order valence-corrected chi connectivity index (χ3v) is 3.68. The SMILES string of the molecule is Cc1noc(C)c1CC(=O)NCC(O)COc1ccc(C(F)(F)F)cc1. The molecule has 142 valence electrons. The highest BCUT2D eigenvalue weighted by Gasteiger charge is 2.30. The van der Waals surface area contributed by atoms with Crippen molar-refractivity contribution in [3.63, 3.8) is 0 Å². The number of hydrogen-bond acceptors (Lipinski definition) is 5. The molecule has 1 heterocycles. The lowest BCUT2D eigenvalue weighted by Gasteiger charge is -2.14. The van der Waals surface area contributed by atoms with Crippen LogP contribution in [0, 0.1) is 13.8 Å². The van der Waals surface area contributed by atoms with Crippen LogP contribution >= 0.6 is 0 Å². The number of nitrogens with zero attached hydrogens (tertiary/aromatic N) is 1. The van der Waals surface area contributed by atoms with Crippen LogP contribution in [-0.4, -0.2) is 35.4 Å². The highest BCUT2D eigenvalue weighted by atomic mass is 19.4. The molecule has 2 rings (SSSR count). The molecule has 0 radical (unpaired) electrons. The second kappa shape index (κ2) is 8.22. The zero-order valence-electron chi connectivity index (χ0n) is 14.3. The molecule has 6 nitrogen and oxygen atoms in total. The van der Waals surface area contributed by atoms with E-state index >= 15 is 0 Å².